The molecule has 0 aromatic heterocycles. The Hall–Kier alpha value is -0.770. The quantitative estimate of drug-likeness (QED) is 0.861. The van der Waals surface area contributed by atoms with Crippen LogP contribution in [0.15, 0.2) is 18.2 Å². The van der Waals surface area contributed by atoms with E-state index in [2.05, 4.69) is 18.3 Å². The van der Waals surface area contributed by atoms with E-state index in [4.69, 9.17) is 21.1 Å². The van der Waals surface area contributed by atoms with Crippen LogP contribution in [0.5, 0.6) is 5.75 Å². The average molecular weight is 270 g/mol. The maximum absolute atomic E-state index is 6.21. The van der Waals surface area contributed by atoms with Gasteiger partial charge in [0.2, 0.25) is 0 Å². The molecule has 1 heterocycles. The minimum absolute atomic E-state index is 0.502. The van der Waals surface area contributed by atoms with Gasteiger partial charge < -0.3 is 14.8 Å². The summed E-state index contributed by atoms with van der Waals surface area (Å²) in [5, 5.41) is 3.96. The molecule has 0 saturated carbocycles. The number of benzene rings is 1. The van der Waals surface area contributed by atoms with Gasteiger partial charge in [0.15, 0.2) is 0 Å². The summed E-state index contributed by atoms with van der Waals surface area (Å²) >= 11 is 6.21. The summed E-state index contributed by atoms with van der Waals surface area (Å²) in [5.41, 5.74) is 1.18. The van der Waals surface area contributed by atoms with Crippen molar-refractivity contribution in [3.63, 3.8) is 0 Å². The van der Waals surface area contributed by atoms with Crippen LogP contribution in [-0.4, -0.2) is 26.4 Å². The van der Waals surface area contributed by atoms with Crippen molar-refractivity contribution >= 4 is 11.6 Å². The van der Waals surface area contributed by atoms with Crippen molar-refractivity contribution in [2.45, 2.75) is 19.9 Å². The maximum Gasteiger partial charge on any atom is 0.137 e. The van der Waals surface area contributed by atoms with Crippen molar-refractivity contribution in [1.29, 1.82) is 0 Å². The highest BCUT2D eigenvalue weighted by molar-refractivity contribution is 6.32. The second-order valence-electron chi connectivity index (χ2n) is 4.59. The molecule has 0 amide bonds. The first kappa shape index (κ1) is 13.7. The fourth-order valence-corrected chi connectivity index (χ4v) is 2.22. The number of ether oxygens (including phenoxy) is 2. The molecule has 0 bridgehead atoms. The van der Waals surface area contributed by atoms with Crippen LogP contribution in [-0.2, 0) is 11.3 Å². The lowest BCUT2D eigenvalue weighted by Crippen LogP contribution is -2.13. The molecule has 1 aromatic carbocycles. The van der Waals surface area contributed by atoms with E-state index in [1.54, 1.807) is 0 Å². The summed E-state index contributed by atoms with van der Waals surface area (Å²) in [7, 11) is 0. The summed E-state index contributed by atoms with van der Waals surface area (Å²) in [6.07, 6.45) is 1.08. The summed E-state index contributed by atoms with van der Waals surface area (Å²) in [4.78, 5) is 0. The van der Waals surface area contributed by atoms with Crippen molar-refractivity contribution < 1.29 is 9.47 Å². The Balaban J connectivity index is 1.87. The molecule has 1 aliphatic rings. The largest absolute Gasteiger partial charge is 0.492 e. The van der Waals surface area contributed by atoms with Crippen molar-refractivity contribution in [3.05, 3.63) is 28.8 Å². The number of hydrogen-bond donors (Lipinski definition) is 1. The fourth-order valence-electron chi connectivity index (χ4n) is 1.96. The van der Waals surface area contributed by atoms with Gasteiger partial charge in [0.1, 0.15) is 5.75 Å². The lowest BCUT2D eigenvalue weighted by molar-refractivity contribution is 0.167. The molecule has 4 heteroatoms. The monoisotopic (exact) mass is 269 g/mol. The molecule has 1 N–H and O–H groups in total. The zero-order valence-electron chi connectivity index (χ0n) is 10.7. The van der Waals surface area contributed by atoms with Gasteiger partial charge in [-0.25, -0.2) is 0 Å². The normalized spacial score (nSPS) is 19.1. The second kappa shape index (κ2) is 6.98. The Morgan fingerprint density at radius 2 is 2.39 bits per heavy atom. The molecule has 1 atom stereocenters. The van der Waals surface area contributed by atoms with Gasteiger partial charge in [0.25, 0.3) is 0 Å². The van der Waals surface area contributed by atoms with Crippen LogP contribution in [0.1, 0.15) is 18.9 Å². The number of rotatable bonds is 6. The van der Waals surface area contributed by atoms with E-state index in [0.717, 1.165) is 38.5 Å². The molecule has 1 saturated heterocycles. The molecular formula is C14H20ClNO2. The molecule has 1 fully saturated rings. The highest BCUT2D eigenvalue weighted by atomic mass is 35.5. The first-order valence-corrected chi connectivity index (χ1v) is 6.87. The molecule has 3 nitrogen and oxygen atoms in total. The average Bonchev–Trinajstić information content (AvgIpc) is 2.88. The van der Waals surface area contributed by atoms with E-state index in [1.165, 1.54) is 5.56 Å². The predicted octanol–water partition coefficient (Wildman–Crippen LogP) is 2.86. The Bertz CT molecular complexity index is 378. The van der Waals surface area contributed by atoms with Crippen molar-refractivity contribution in [1.82, 2.24) is 5.32 Å². The summed E-state index contributed by atoms with van der Waals surface area (Å²) in [6, 6.07) is 5.96. The maximum atomic E-state index is 6.21. The van der Waals surface area contributed by atoms with Gasteiger partial charge in [-0.2, -0.15) is 0 Å². The Kier molecular flexibility index (Phi) is 5.29. The van der Waals surface area contributed by atoms with Gasteiger partial charge in [0, 0.05) is 19.1 Å². The van der Waals surface area contributed by atoms with Crippen molar-refractivity contribution in [2.24, 2.45) is 5.92 Å². The molecule has 0 aliphatic carbocycles. The van der Waals surface area contributed by atoms with E-state index in [0.29, 0.717) is 17.5 Å². The Morgan fingerprint density at radius 1 is 1.50 bits per heavy atom. The van der Waals surface area contributed by atoms with Gasteiger partial charge in [0.05, 0.1) is 18.2 Å². The summed E-state index contributed by atoms with van der Waals surface area (Å²) < 4.78 is 11.1. The highest BCUT2D eigenvalue weighted by Crippen LogP contribution is 2.26. The van der Waals surface area contributed by atoms with Crippen molar-refractivity contribution in [2.75, 3.05) is 26.4 Å². The van der Waals surface area contributed by atoms with Gasteiger partial charge >= 0.3 is 0 Å². The second-order valence-corrected chi connectivity index (χ2v) is 4.99. The van der Waals surface area contributed by atoms with Crippen LogP contribution < -0.4 is 10.1 Å². The third-order valence-corrected chi connectivity index (χ3v) is 3.37. The molecule has 1 aromatic rings. The minimum Gasteiger partial charge on any atom is -0.492 e. The Labute approximate surface area is 113 Å². The van der Waals surface area contributed by atoms with E-state index in [1.807, 2.05) is 12.1 Å². The molecular weight excluding hydrogens is 250 g/mol. The molecule has 1 aliphatic heterocycles. The molecule has 18 heavy (non-hydrogen) atoms. The van der Waals surface area contributed by atoms with Crippen LogP contribution in [0.2, 0.25) is 5.02 Å². The molecule has 1 unspecified atom stereocenters. The van der Waals surface area contributed by atoms with E-state index in [9.17, 15) is 0 Å². The van der Waals surface area contributed by atoms with E-state index < -0.39 is 0 Å². The standard InChI is InChI=1S/C14H20ClNO2/c1-2-16-8-11-3-4-14(13(15)7-11)18-10-12-5-6-17-9-12/h3-4,7,12,16H,2,5-6,8-10H2,1H3. The first-order valence-electron chi connectivity index (χ1n) is 6.49. The topological polar surface area (TPSA) is 30.5 Å². The fraction of sp³-hybridized carbons (Fsp3) is 0.571. The van der Waals surface area contributed by atoms with Crippen LogP contribution in [0.3, 0.4) is 0 Å². The zero-order chi connectivity index (χ0) is 12.8. The van der Waals surface area contributed by atoms with Gasteiger partial charge in [-0.3, -0.25) is 0 Å². The van der Waals surface area contributed by atoms with Crippen LogP contribution in [0.4, 0.5) is 0 Å². The number of nitrogens with one attached hydrogen (secondary N) is 1. The van der Waals surface area contributed by atoms with Crippen molar-refractivity contribution in [3.8, 4) is 5.75 Å². The third-order valence-electron chi connectivity index (χ3n) is 3.07. The van der Waals surface area contributed by atoms with Crippen LogP contribution in [0.25, 0.3) is 0 Å². The Morgan fingerprint density at radius 3 is 3.06 bits per heavy atom. The third kappa shape index (κ3) is 3.87. The smallest absolute Gasteiger partial charge is 0.137 e. The molecule has 2 rings (SSSR count). The number of hydrogen-bond acceptors (Lipinski definition) is 3. The highest BCUT2D eigenvalue weighted by Gasteiger charge is 2.16. The van der Waals surface area contributed by atoms with Gasteiger partial charge in [-0.05, 0) is 30.7 Å². The molecule has 0 spiro atoms. The van der Waals surface area contributed by atoms with E-state index >= 15 is 0 Å². The SMILES string of the molecule is CCNCc1ccc(OCC2CCOC2)c(Cl)c1. The molecule has 100 valence electrons. The van der Waals surface area contributed by atoms with Gasteiger partial charge in [-0.15, -0.1) is 0 Å². The zero-order valence-corrected chi connectivity index (χ0v) is 11.5. The number of halogens is 1. The lowest BCUT2D eigenvalue weighted by atomic mass is 10.1. The summed E-state index contributed by atoms with van der Waals surface area (Å²) in [5.74, 6) is 1.27. The van der Waals surface area contributed by atoms with Gasteiger partial charge in [-0.1, -0.05) is 24.6 Å². The minimum atomic E-state index is 0.502. The predicted molar refractivity (Wildman–Crippen MR) is 73.3 cm³/mol. The summed E-state index contributed by atoms with van der Waals surface area (Å²) in [6.45, 7) is 6.22. The first-order chi connectivity index (χ1) is 8.79. The lowest BCUT2D eigenvalue weighted by Gasteiger charge is -2.12. The van der Waals surface area contributed by atoms with E-state index in [-0.39, 0.29) is 0 Å². The van der Waals surface area contributed by atoms with Crippen LogP contribution in [0, 0.1) is 5.92 Å². The van der Waals surface area contributed by atoms with Crippen LogP contribution >= 0.6 is 11.6 Å². The molecule has 0 radical (unpaired) electrons.